The van der Waals surface area contributed by atoms with Gasteiger partial charge in [-0.25, -0.2) is 0 Å². The molecule has 5 heteroatoms. The Bertz CT molecular complexity index is 429. The summed E-state index contributed by atoms with van der Waals surface area (Å²) in [6.07, 6.45) is 7.42. The van der Waals surface area contributed by atoms with Gasteiger partial charge in [-0.3, -0.25) is 4.79 Å². The Balaban J connectivity index is 2.08. The Hall–Kier alpha value is -0.420. The van der Waals surface area contributed by atoms with Crippen molar-refractivity contribution in [2.24, 2.45) is 0 Å². The van der Waals surface area contributed by atoms with E-state index in [1.807, 2.05) is 12.3 Å². The van der Waals surface area contributed by atoms with E-state index in [2.05, 4.69) is 39.0 Å². The van der Waals surface area contributed by atoms with Crippen LogP contribution in [-0.4, -0.2) is 28.5 Å². The third-order valence-electron chi connectivity index (χ3n) is 3.18. The molecule has 100 valence electrons. The van der Waals surface area contributed by atoms with Crippen LogP contribution in [-0.2, 0) is 0 Å². The number of amides is 1. The number of halogens is 1. The van der Waals surface area contributed by atoms with Crippen molar-refractivity contribution >= 4 is 33.6 Å². The molecule has 1 aliphatic rings. The number of rotatable bonds is 6. The highest BCUT2D eigenvalue weighted by atomic mass is 79.9. The molecule has 1 N–H and O–H groups in total. The Kier molecular flexibility index (Phi) is 4.78. The highest BCUT2D eigenvalue weighted by Gasteiger charge is 2.28. The second-order valence-corrected chi connectivity index (χ2v) is 6.54. The van der Waals surface area contributed by atoms with Gasteiger partial charge in [0.2, 0.25) is 0 Å². The van der Waals surface area contributed by atoms with Gasteiger partial charge in [0, 0.05) is 28.5 Å². The number of aromatic nitrogens is 1. The summed E-state index contributed by atoms with van der Waals surface area (Å²) in [5.74, 6) is 1.02. The summed E-state index contributed by atoms with van der Waals surface area (Å²) in [7, 11) is 0. The number of carbonyl (C=O) groups is 1. The van der Waals surface area contributed by atoms with Crippen LogP contribution in [0.2, 0.25) is 0 Å². The maximum atomic E-state index is 12.3. The molecule has 0 radical (unpaired) electrons. The lowest BCUT2D eigenvalue weighted by Crippen LogP contribution is -2.37. The molecule has 1 aromatic heterocycles. The fourth-order valence-corrected chi connectivity index (χ4v) is 3.16. The summed E-state index contributed by atoms with van der Waals surface area (Å²) in [6, 6.07) is 2.70. The van der Waals surface area contributed by atoms with Gasteiger partial charge in [0.25, 0.3) is 5.91 Å². The van der Waals surface area contributed by atoms with Gasteiger partial charge in [-0.05, 0) is 47.5 Å². The maximum absolute atomic E-state index is 12.3. The molecule has 2 rings (SSSR count). The molecular formula is C13H19BrN2OS. The second kappa shape index (κ2) is 6.15. The molecule has 0 aliphatic heterocycles. The van der Waals surface area contributed by atoms with E-state index in [4.69, 9.17) is 0 Å². The largest absolute Gasteiger partial charge is 0.347 e. The zero-order chi connectivity index (χ0) is 13.1. The molecule has 1 aliphatic carbocycles. The molecule has 1 heterocycles. The summed E-state index contributed by atoms with van der Waals surface area (Å²) in [5, 5.41) is 3.12. The van der Waals surface area contributed by atoms with Gasteiger partial charge in [-0.1, -0.05) is 6.92 Å². The standard InChI is InChI=1S/C13H19BrN2OS/c1-3-10(8-18-2)15-13(17)12-6-9(14)7-16(12)11-4-5-11/h6-7,10-11H,3-5,8H2,1-2H3,(H,15,17). The van der Waals surface area contributed by atoms with Crippen LogP contribution in [0.5, 0.6) is 0 Å². The van der Waals surface area contributed by atoms with Crippen LogP contribution >= 0.6 is 27.7 Å². The van der Waals surface area contributed by atoms with E-state index in [0.717, 1.165) is 22.3 Å². The first kappa shape index (κ1) is 14.0. The summed E-state index contributed by atoms with van der Waals surface area (Å²) in [6.45, 7) is 2.11. The first-order chi connectivity index (χ1) is 8.65. The van der Waals surface area contributed by atoms with E-state index in [9.17, 15) is 4.79 Å². The summed E-state index contributed by atoms with van der Waals surface area (Å²) >= 11 is 5.23. The van der Waals surface area contributed by atoms with Crippen molar-refractivity contribution in [3.05, 3.63) is 22.4 Å². The smallest absolute Gasteiger partial charge is 0.268 e. The third-order valence-corrected chi connectivity index (χ3v) is 4.35. The van der Waals surface area contributed by atoms with Crippen molar-refractivity contribution in [2.45, 2.75) is 38.3 Å². The predicted molar refractivity (Wildman–Crippen MR) is 80.3 cm³/mol. The fourth-order valence-electron chi connectivity index (χ4n) is 2.00. The van der Waals surface area contributed by atoms with Crippen LogP contribution in [0, 0.1) is 0 Å². The van der Waals surface area contributed by atoms with Gasteiger partial charge in [0.15, 0.2) is 0 Å². The zero-order valence-electron chi connectivity index (χ0n) is 10.8. The number of nitrogens with zero attached hydrogens (tertiary/aromatic N) is 1. The van der Waals surface area contributed by atoms with E-state index in [-0.39, 0.29) is 11.9 Å². The number of nitrogens with one attached hydrogen (secondary N) is 1. The summed E-state index contributed by atoms with van der Waals surface area (Å²) in [5.41, 5.74) is 0.781. The molecule has 1 atom stereocenters. The van der Waals surface area contributed by atoms with E-state index >= 15 is 0 Å². The minimum Gasteiger partial charge on any atom is -0.347 e. The first-order valence-electron chi connectivity index (χ1n) is 6.32. The average Bonchev–Trinajstić information content (AvgIpc) is 3.11. The Morgan fingerprint density at radius 2 is 2.39 bits per heavy atom. The van der Waals surface area contributed by atoms with Crippen molar-refractivity contribution < 1.29 is 4.79 Å². The minimum absolute atomic E-state index is 0.0495. The van der Waals surface area contributed by atoms with Gasteiger partial charge in [0.1, 0.15) is 5.69 Å². The zero-order valence-corrected chi connectivity index (χ0v) is 13.2. The topological polar surface area (TPSA) is 34.0 Å². The molecule has 1 fully saturated rings. The van der Waals surface area contributed by atoms with Gasteiger partial charge < -0.3 is 9.88 Å². The van der Waals surface area contributed by atoms with Crippen molar-refractivity contribution in [2.75, 3.05) is 12.0 Å². The lowest BCUT2D eigenvalue weighted by Gasteiger charge is -2.16. The first-order valence-corrected chi connectivity index (χ1v) is 8.51. The molecule has 1 amide bonds. The van der Waals surface area contributed by atoms with Crippen molar-refractivity contribution in [1.82, 2.24) is 9.88 Å². The highest BCUT2D eigenvalue weighted by molar-refractivity contribution is 9.10. The monoisotopic (exact) mass is 330 g/mol. The van der Waals surface area contributed by atoms with E-state index < -0.39 is 0 Å². The maximum Gasteiger partial charge on any atom is 0.268 e. The van der Waals surface area contributed by atoms with E-state index in [1.165, 1.54) is 12.8 Å². The lowest BCUT2D eigenvalue weighted by molar-refractivity contribution is 0.0930. The molecule has 1 aromatic rings. The highest BCUT2D eigenvalue weighted by Crippen LogP contribution is 2.37. The molecule has 0 bridgehead atoms. The van der Waals surface area contributed by atoms with Crippen LogP contribution in [0.25, 0.3) is 0 Å². The Morgan fingerprint density at radius 3 is 2.94 bits per heavy atom. The summed E-state index contributed by atoms with van der Waals surface area (Å²) in [4.78, 5) is 12.3. The molecule has 0 saturated heterocycles. The SMILES string of the molecule is CCC(CSC)NC(=O)c1cc(Br)cn1C1CC1. The minimum atomic E-state index is 0.0495. The van der Waals surface area contributed by atoms with Crippen LogP contribution in [0.1, 0.15) is 42.7 Å². The third kappa shape index (κ3) is 3.32. The van der Waals surface area contributed by atoms with Gasteiger partial charge >= 0.3 is 0 Å². The number of hydrogen-bond acceptors (Lipinski definition) is 2. The normalized spacial score (nSPS) is 16.6. The molecule has 3 nitrogen and oxygen atoms in total. The van der Waals surface area contributed by atoms with Gasteiger partial charge in [0.05, 0.1) is 0 Å². The van der Waals surface area contributed by atoms with E-state index in [0.29, 0.717) is 6.04 Å². The summed E-state index contributed by atoms with van der Waals surface area (Å²) < 4.78 is 3.09. The van der Waals surface area contributed by atoms with Crippen LogP contribution in [0.3, 0.4) is 0 Å². The van der Waals surface area contributed by atoms with Crippen molar-refractivity contribution in [3.63, 3.8) is 0 Å². The molecule has 1 saturated carbocycles. The quantitative estimate of drug-likeness (QED) is 0.866. The Labute approximate surface area is 121 Å². The number of hydrogen-bond donors (Lipinski definition) is 1. The second-order valence-electron chi connectivity index (χ2n) is 4.72. The van der Waals surface area contributed by atoms with Crippen LogP contribution in [0.15, 0.2) is 16.7 Å². The molecule has 1 unspecified atom stereocenters. The molecule has 18 heavy (non-hydrogen) atoms. The lowest BCUT2D eigenvalue weighted by atomic mass is 10.2. The average molecular weight is 331 g/mol. The van der Waals surface area contributed by atoms with Crippen molar-refractivity contribution in [3.8, 4) is 0 Å². The van der Waals surface area contributed by atoms with Crippen LogP contribution in [0.4, 0.5) is 0 Å². The number of carbonyl (C=O) groups excluding carboxylic acids is 1. The molecule has 0 spiro atoms. The van der Waals surface area contributed by atoms with E-state index in [1.54, 1.807) is 11.8 Å². The van der Waals surface area contributed by atoms with Gasteiger partial charge in [-0.15, -0.1) is 0 Å². The molecule has 0 aromatic carbocycles. The van der Waals surface area contributed by atoms with Crippen molar-refractivity contribution in [1.29, 1.82) is 0 Å². The van der Waals surface area contributed by atoms with Crippen LogP contribution < -0.4 is 5.32 Å². The van der Waals surface area contributed by atoms with Gasteiger partial charge in [-0.2, -0.15) is 11.8 Å². The predicted octanol–water partition coefficient (Wildman–Crippen LogP) is 3.46. The fraction of sp³-hybridized carbons (Fsp3) is 0.615. The molecular weight excluding hydrogens is 312 g/mol. The Morgan fingerprint density at radius 1 is 1.67 bits per heavy atom. The number of thioether (sulfide) groups is 1.